The van der Waals surface area contributed by atoms with Gasteiger partial charge in [0.1, 0.15) is 29.5 Å². The van der Waals surface area contributed by atoms with Crippen molar-refractivity contribution in [3.8, 4) is 17.3 Å². The first kappa shape index (κ1) is 20.0. The van der Waals surface area contributed by atoms with Crippen LogP contribution in [0.2, 0.25) is 0 Å². The zero-order valence-corrected chi connectivity index (χ0v) is 16.6. The monoisotopic (exact) mass is 394 g/mol. The maximum absolute atomic E-state index is 11.9. The molecule has 0 aliphatic rings. The van der Waals surface area contributed by atoms with Crippen LogP contribution in [0.3, 0.4) is 0 Å². The molecule has 3 aromatic heterocycles. The molecule has 2 N–H and O–H groups in total. The van der Waals surface area contributed by atoms with Crippen LogP contribution in [0, 0.1) is 12.3 Å². The van der Waals surface area contributed by atoms with Gasteiger partial charge in [0.15, 0.2) is 0 Å². The number of carbonyl (C=O) groups excluding carboxylic acids is 2. The number of imide groups is 1. The summed E-state index contributed by atoms with van der Waals surface area (Å²) in [6.45, 7) is 7.06. The van der Waals surface area contributed by atoms with Gasteiger partial charge in [0.2, 0.25) is 5.91 Å². The third-order valence-electron chi connectivity index (χ3n) is 3.82. The molecule has 9 nitrogen and oxygen atoms in total. The highest BCUT2D eigenvalue weighted by Crippen LogP contribution is 2.23. The number of rotatable bonds is 4. The molecule has 0 atom stereocenters. The van der Waals surface area contributed by atoms with Crippen molar-refractivity contribution in [1.82, 2.24) is 24.8 Å². The number of carbonyl (C=O) groups is 2. The number of nitrogens with zero attached hydrogens (tertiary/aromatic N) is 4. The lowest BCUT2D eigenvalue weighted by Gasteiger charge is -2.16. The molecule has 0 aliphatic heterocycles. The Bertz CT molecular complexity index is 1020. The number of hydrogen-bond donors (Lipinski definition) is 2. The standard InChI is InChI=1S/C20H22N6O3/c1-13-11-26(12-23-13)17-9-14(7-8-21-17)29-15-5-6-16(22-10-15)24-19(28)25-18(27)20(2,3)4/h5-12H,1-4H3,(H2,22,24,25,27,28). The Morgan fingerprint density at radius 2 is 1.86 bits per heavy atom. The van der Waals surface area contributed by atoms with Gasteiger partial charge >= 0.3 is 6.03 Å². The quantitative estimate of drug-likeness (QED) is 0.701. The van der Waals surface area contributed by atoms with Crippen molar-refractivity contribution >= 4 is 17.8 Å². The molecule has 150 valence electrons. The summed E-state index contributed by atoms with van der Waals surface area (Å²) >= 11 is 0. The van der Waals surface area contributed by atoms with E-state index in [9.17, 15) is 9.59 Å². The molecule has 0 aliphatic carbocycles. The van der Waals surface area contributed by atoms with E-state index in [1.54, 1.807) is 62.1 Å². The van der Waals surface area contributed by atoms with Crippen LogP contribution in [-0.4, -0.2) is 31.5 Å². The number of pyridine rings is 2. The molecule has 29 heavy (non-hydrogen) atoms. The molecule has 0 spiro atoms. The molecule has 0 saturated carbocycles. The van der Waals surface area contributed by atoms with Crippen LogP contribution in [0.4, 0.5) is 10.6 Å². The van der Waals surface area contributed by atoms with Gasteiger partial charge in [-0.05, 0) is 25.1 Å². The fourth-order valence-electron chi connectivity index (χ4n) is 2.24. The zero-order valence-electron chi connectivity index (χ0n) is 16.6. The number of amides is 3. The average Bonchev–Trinajstić information content (AvgIpc) is 3.09. The van der Waals surface area contributed by atoms with Gasteiger partial charge in [0.05, 0.1) is 11.9 Å². The van der Waals surface area contributed by atoms with Crippen LogP contribution < -0.4 is 15.4 Å². The lowest BCUT2D eigenvalue weighted by molar-refractivity contribution is -0.127. The Morgan fingerprint density at radius 3 is 2.48 bits per heavy atom. The molecule has 3 amide bonds. The number of urea groups is 1. The molecule has 0 unspecified atom stereocenters. The van der Waals surface area contributed by atoms with Gasteiger partial charge in [-0.25, -0.2) is 19.7 Å². The van der Waals surface area contributed by atoms with E-state index in [2.05, 4.69) is 25.6 Å². The van der Waals surface area contributed by atoms with E-state index >= 15 is 0 Å². The zero-order chi connectivity index (χ0) is 21.0. The number of imidazole rings is 1. The first-order chi connectivity index (χ1) is 13.7. The summed E-state index contributed by atoms with van der Waals surface area (Å²) in [5, 5.41) is 4.78. The number of aryl methyl sites for hydroxylation is 1. The van der Waals surface area contributed by atoms with Crippen molar-refractivity contribution in [2.75, 3.05) is 5.32 Å². The van der Waals surface area contributed by atoms with E-state index in [1.165, 1.54) is 6.20 Å². The highest BCUT2D eigenvalue weighted by molar-refractivity contribution is 6.02. The van der Waals surface area contributed by atoms with Gasteiger partial charge in [-0.2, -0.15) is 0 Å². The van der Waals surface area contributed by atoms with Crippen molar-refractivity contribution in [2.45, 2.75) is 27.7 Å². The van der Waals surface area contributed by atoms with Gasteiger partial charge in [0, 0.05) is 23.9 Å². The normalized spacial score (nSPS) is 11.0. The topological polar surface area (TPSA) is 111 Å². The van der Waals surface area contributed by atoms with Gasteiger partial charge in [-0.3, -0.25) is 20.0 Å². The average molecular weight is 394 g/mol. The fourth-order valence-corrected chi connectivity index (χ4v) is 2.24. The van der Waals surface area contributed by atoms with E-state index in [4.69, 9.17) is 4.74 Å². The second kappa shape index (κ2) is 8.09. The van der Waals surface area contributed by atoms with Gasteiger partial charge < -0.3 is 4.74 Å². The summed E-state index contributed by atoms with van der Waals surface area (Å²) in [7, 11) is 0. The van der Waals surface area contributed by atoms with Crippen LogP contribution in [0.1, 0.15) is 26.5 Å². The highest BCUT2D eigenvalue weighted by atomic mass is 16.5. The Labute approximate surface area is 168 Å². The summed E-state index contributed by atoms with van der Waals surface area (Å²) in [4.78, 5) is 36.3. The minimum atomic E-state index is -0.665. The second-order valence-electron chi connectivity index (χ2n) is 7.41. The van der Waals surface area contributed by atoms with Crippen molar-refractivity contribution in [3.63, 3.8) is 0 Å². The van der Waals surface area contributed by atoms with Crippen LogP contribution in [-0.2, 0) is 4.79 Å². The molecule has 3 aromatic rings. The molecule has 0 fully saturated rings. The smallest absolute Gasteiger partial charge is 0.327 e. The predicted molar refractivity (Wildman–Crippen MR) is 107 cm³/mol. The molecule has 3 heterocycles. The Balaban J connectivity index is 1.62. The Hall–Kier alpha value is -3.75. The molecular weight excluding hydrogens is 372 g/mol. The Kier molecular flexibility index (Phi) is 5.58. The molecule has 9 heteroatoms. The van der Waals surface area contributed by atoms with Crippen molar-refractivity contribution in [1.29, 1.82) is 0 Å². The van der Waals surface area contributed by atoms with E-state index in [-0.39, 0.29) is 5.91 Å². The summed E-state index contributed by atoms with van der Waals surface area (Å²) in [6.07, 6.45) is 6.66. The van der Waals surface area contributed by atoms with Crippen molar-refractivity contribution < 1.29 is 14.3 Å². The highest BCUT2D eigenvalue weighted by Gasteiger charge is 2.23. The molecule has 0 aromatic carbocycles. The van der Waals surface area contributed by atoms with Gasteiger partial charge in [-0.1, -0.05) is 20.8 Å². The number of anilines is 1. The molecule has 0 saturated heterocycles. The number of ether oxygens (including phenoxy) is 1. The number of aromatic nitrogens is 4. The van der Waals surface area contributed by atoms with E-state index < -0.39 is 11.4 Å². The lowest BCUT2D eigenvalue weighted by Crippen LogP contribution is -2.41. The van der Waals surface area contributed by atoms with E-state index in [1.807, 2.05) is 13.1 Å². The Morgan fingerprint density at radius 1 is 1.07 bits per heavy atom. The summed E-state index contributed by atoms with van der Waals surface area (Å²) < 4.78 is 7.59. The summed E-state index contributed by atoms with van der Waals surface area (Å²) in [5.41, 5.74) is 0.222. The lowest BCUT2D eigenvalue weighted by atomic mass is 9.96. The van der Waals surface area contributed by atoms with E-state index in [0.717, 1.165) is 5.69 Å². The number of nitrogens with one attached hydrogen (secondary N) is 2. The summed E-state index contributed by atoms with van der Waals surface area (Å²) in [6, 6.07) is 6.11. The molecule has 0 bridgehead atoms. The number of hydrogen-bond acceptors (Lipinski definition) is 6. The van der Waals surface area contributed by atoms with Crippen molar-refractivity contribution in [3.05, 3.63) is 54.9 Å². The minimum absolute atomic E-state index is 0.292. The summed E-state index contributed by atoms with van der Waals surface area (Å²) in [5.74, 6) is 1.66. The van der Waals surface area contributed by atoms with E-state index in [0.29, 0.717) is 23.1 Å². The molecule has 3 rings (SSSR count). The SMILES string of the molecule is Cc1cn(-c2cc(Oc3ccc(NC(=O)NC(=O)C(C)(C)C)nc3)ccn2)cn1. The third kappa shape index (κ3) is 5.38. The minimum Gasteiger partial charge on any atom is -0.456 e. The van der Waals surface area contributed by atoms with Crippen LogP contribution in [0.25, 0.3) is 5.82 Å². The second-order valence-corrected chi connectivity index (χ2v) is 7.41. The maximum Gasteiger partial charge on any atom is 0.327 e. The largest absolute Gasteiger partial charge is 0.456 e. The first-order valence-corrected chi connectivity index (χ1v) is 8.94. The molecule has 0 radical (unpaired) electrons. The first-order valence-electron chi connectivity index (χ1n) is 8.94. The van der Waals surface area contributed by atoms with Crippen LogP contribution >= 0.6 is 0 Å². The maximum atomic E-state index is 11.9. The van der Waals surface area contributed by atoms with Gasteiger partial charge in [0.25, 0.3) is 0 Å². The fraction of sp³-hybridized carbons (Fsp3) is 0.250. The van der Waals surface area contributed by atoms with Gasteiger partial charge in [-0.15, -0.1) is 0 Å². The van der Waals surface area contributed by atoms with Crippen molar-refractivity contribution in [2.24, 2.45) is 5.41 Å². The van der Waals surface area contributed by atoms with Crippen LogP contribution in [0.15, 0.2) is 49.2 Å². The molecular formula is C20H22N6O3. The predicted octanol–water partition coefficient (Wildman–Crippen LogP) is 3.46. The third-order valence-corrected chi connectivity index (χ3v) is 3.82. The van der Waals surface area contributed by atoms with Crippen LogP contribution in [0.5, 0.6) is 11.5 Å².